The fourth-order valence-corrected chi connectivity index (χ4v) is 2.79. The highest BCUT2D eigenvalue weighted by Crippen LogP contribution is 2.24. The van der Waals surface area contributed by atoms with Gasteiger partial charge in [0.2, 0.25) is 0 Å². The standard InChI is InChI=1S/C14H18N2S/c1-10-5-3-7-13(11(10)2)14(16-15)9-12-6-4-8-17-12/h3-8,14,16H,9,15H2,1-2H3. The van der Waals surface area contributed by atoms with Crippen LogP contribution >= 0.6 is 11.3 Å². The van der Waals surface area contributed by atoms with Crippen molar-refractivity contribution in [3.63, 3.8) is 0 Å². The molecule has 0 bridgehead atoms. The maximum absolute atomic E-state index is 5.69. The van der Waals surface area contributed by atoms with Crippen LogP contribution in [0.15, 0.2) is 35.7 Å². The third kappa shape index (κ3) is 2.75. The second-order valence-electron chi connectivity index (χ2n) is 4.29. The van der Waals surface area contributed by atoms with E-state index in [1.165, 1.54) is 21.6 Å². The van der Waals surface area contributed by atoms with E-state index in [1.807, 2.05) is 0 Å². The summed E-state index contributed by atoms with van der Waals surface area (Å²) >= 11 is 1.78. The quantitative estimate of drug-likeness (QED) is 0.642. The van der Waals surface area contributed by atoms with Crippen molar-refractivity contribution in [2.24, 2.45) is 5.84 Å². The molecule has 3 heteroatoms. The van der Waals surface area contributed by atoms with Crippen LogP contribution in [0.1, 0.15) is 27.6 Å². The molecule has 1 aromatic heterocycles. The minimum Gasteiger partial charge on any atom is -0.271 e. The Kier molecular flexibility index (Phi) is 3.94. The number of rotatable bonds is 4. The Labute approximate surface area is 106 Å². The first-order valence-corrected chi connectivity index (χ1v) is 6.65. The second-order valence-corrected chi connectivity index (χ2v) is 5.32. The maximum atomic E-state index is 5.69. The number of thiophene rings is 1. The van der Waals surface area contributed by atoms with Crippen molar-refractivity contribution in [3.05, 3.63) is 57.3 Å². The molecule has 0 aliphatic rings. The van der Waals surface area contributed by atoms with Crippen LogP contribution in [-0.4, -0.2) is 0 Å². The zero-order valence-corrected chi connectivity index (χ0v) is 11.1. The summed E-state index contributed by atoms with van der Waals surface area (Å²) in [6.45, 7) is 4.29. The maximum Gasteiger partial charge on any atom is 0.0510 e. The topological polar surface area (TPSA) is 38.0 Å². The Hall–Kier alpha value is -1.16. The zero-order valence-electron chi connectivity index (χ0n) is 10.2. The summed E-state index contributed by atoms with van der Waals surface area (Å²) in [5.74, 6) is 5.69. The first-order valence-electron chi connectivity index (χ1n) is 5.77. The molecule has 3 N–H and O–H groups in total. The van der Waals surface area contributed by atoms with Gasteiger partial charge in [-0.2, -0.15) is 0 Å². The van der Waals surface area contributed by atoms with E-state index in [0.717, 1.165) is 6.42 Å². The number of aryl methyl sites for hydroxylation is 1. The van der Waals surface area contributed by atoms with E-state index in [2.05, 4.69) is 55.0 Å². The molecule has 2 nitrogen and oxygen atoms in total. The van der Waals surface area contributed by atoms with Crippen molar-refractivity contribution in [2.45, 2.75) is 26.3 Å². The molecule has 0 aliphatic heterocycles. The van der Waals surface area contributed by atoms with Crippen LogP contribution in [0.2, 0.25) is 0 Å². The molecule has 0 fully saturated rings. The molecular weight excluding hydrogens is 228 g/mol. The molecule has 1 atom stereocenters. The summed E-state index contributed by atoms with van der Waals surface area (Å²) in [6, 6.07) is 10.8. The van der Waals surface area contributed by atoms with E-state index in [9.17, 15) is 0 Å². The summed E-state index contributed by atoms with van der Waals surface area (Å²) in [6.07, 6.45) is 0.943. The van der Waals surface area contributed by atoms with Gasteiger partial charge in [0.1, 0.15) is 0 Å². The lowest BCUT2D eigenvalue weighted by Crippen LogP contribution is -2.30. The number of nitrogens with one attached hydrogen (secondary N) is 1. The normalized spacial score (nSPS) is 12.6. The minimum atomic E-state index is 0.188. The largest absolute Gasteiger partial charge is 0.271 e. The van der Waals surface area contributed by atoms with Gasteiger partial charge < -0.3 is 0 Å². The van der Waals surface area contributed by atoms with Crippen molar-refractivity contribution in [1.29, 1.82) is 0 Å². The van der Waals surface area contributed by atoms with E-state index in [-0.39, 0.29) is 6.04 Å². The van der Waals surface area contributed by atoms with Crippen LogP contribution in [0.4, 0.5) is 0 Å². The van der Waals surface area contributed by atoms with Crippen LogP contribution in [-0.2, 0) is 6.42 Å². The number of nitrogens with two attached hydrogens (primary N) is 1. The number of hydrogen-bond donors (Lipinski definition) is 2. The molecule has 1 unspecified atom stereocenters. The average molecular weight is 246 g/mol. The molecule has 0 spiro atoms. The van der Waals surface area contributed by atoms with Crippen LogP contribution in [0.25, 0.3) is 0 Å². The van der Waals surface area contributed by atoms with Crippen molar-refractivity contribution in [3.8, 4) is 0 Å². The lowest BCUT2D eigenvalue weighted by atomic mass is 9.95. The van der Waals surface area contributed by atoms with Crippen LogP contribution in [0.5, 0.6) is 0 Å². The van der Waals surface area contributed by atoms with Crippen molar-refractivity contribution in [1.82, 2.24) is 5.43 Å². The molecule has 17 heavy (non-hydrogen) atoms. The second kappa shape index (κ2) is 5.45. The molecular formula is C14H18N2S. The van der Waals surface area contributed by atoms with Gasteiger partial charge in [-0.1, -0.05) is 24.3 Å². The number of hydrazine groups is 1. The Morgan fingerprint density at radius 3 is 2.71 bits per heavy atom. The van der Waals surface area contributed by atoms with Gasteiger partial charge in [-0.15, -0.1) is 11.3 Å². The van der Waals surface area contributed by atoms with Gasteiger partial charge in [0, 0.05) is 11.3 Å². The highest BCUT2D eigenvalue weighted by atomic mass is 32.1. The predicted octanol–water partition coefficient (Wildman–Crippen LogP) is 3.11. The third-order valence-corrected chi connectivity index (χ3v) is 4.11. The van der Waals surface area contributed by atoms with E-state index >= 15 is 0 Å². The summed E-state index contributed by atoms with van der Waals surface area (Å²) in [4.78, 5) is 1.36. The monoisotopic (exact) mass is 246 g/mol. The lowest BCUT2D eigenvalue weighted by Gasteiger charge is -2.19. The van der Waals surface area contributed by atoms with Gasteiger partial charge in [-0.3, -0.25) is 11.3 Å². The molecule has 2 rings (SSSR count). The van der Waals surface area contributed by atoms with E-state index in [0.29, 0.717) is 0 Å². The molecule has 0 amide bonds. The predicted molar refractivity (Wildman–Crippen MR) is 74.0 cm³/mol. The number of hydrogen-bond acceptors (Lipinski definition) is 3. The van der Waals surface area contributed by atoms with Gasteiger partial charge in [0.05, 0.1) is 6.04 Å². The SMILES string of the molecule is Cc1cccc(C(Cc2cccs2)NN)c1C. The van der Waals surface area contributed by atoms with Gasteiger partial charge in [-0.05, 0) is 42.0 Å². The first kappa shape index (κ1) is 12.3. The Morgan fingerprint density at radius 1 is 1.24 bits per heavy atom. The fraction of sp³-hybridized carbons (Fsp3) is 0.286. The number of benzene rings is 1. The van der Waals surface area contributed by atoms with Crippen LogP contribution in [0.3, 0.4) is 0 Å². The third-order valence-electron chi connectivity index (χ3n) is 3.21. The Balaban J connectivity index is 2.26. The van der Waals surface area contributed by atoms with Gasteiger partial charge in [-0.25, -0.2) is 0 Å². The first-order chi connectivity index (χ1) is 8.22. The van der Waals surface area contributed by atoms with Crippen LogP contribution < -0.4 is 11.3 Å². The minimum absolute atomic E-state index is 0.188. The van der Waals surface area contributed by atoms with Crippen molar-refractivity contribution < 1.29 is 0 Å². The summed E-state index contributed by atoms with van der Waals surface area (Å²) in [7, 11) is 0. The molecule has 0 saturated carbocycles. The van der Waals surface area contributed by atoms with Crippen LogP contribution in [0, 0.1) is 13.8 Å². The van der Waals surface area contributed by atoms with Gasteiger partial charge >= 0.3 is 0 Å². The molecule has 2 aromatic rings. The van der Waals surface area contributed by atoms with E-state index in [1.54, 1.807) is 11.3 Å². The van der Waals surface area contributed by atoms with E-state index in [4.69, 9.17) is 5.84 Å². The van der Waals surface area contributed by atoms with Gasteiger partial charge in [0.25, 0.3) is 0 Å². The highest BCUT2D eigenvalue weighted by Gasteiger charge is 2.14. The summed E-state index contributed by atoms with van der Waals surface area (Å²) < 4.78 is 0. The molecule has 0 saturated heterocycles. The Bertz CT molecular complexity index is 477. The molecule has 90 valence electrons. The molecule has 0 radical (unpaired) electrons. The summed E-state index contributed by atoms with van der Waals surface area (Å²) in [5, 5.41) is 2.10. The average Bonchev–Trinajstić information content (AvgIpc) is 2.83. The molecule has 1 heterocycles. The molecule has 1 aromatic carbocycles. The molecule has 0 aliphatic carbocycles. The Morgan fingerprint density at radius 2 is 2.06 bits per heavy atom. The summed E-state index contributed by atoms with van der Waals surface area (Å²) in [5.41, 5.74) is 6.86. The van der Waals surface area contributed by atoms with E-state index < -0.39 is 0 Å². The lowest BCUT2D eigenvalue weighted by molar-refractivity contribution is 0.552. The van der Waals surface area contributed by atoms with Gasteiger partial charge in [0.15, 0.2) is 0 Å². The zero-order chi connectivity index (χ0) is 12.3. The van der Waals surface area contributed by atoms with Crippen molar-refractivity contribution >= 4 is 11.3 Å². The van der Waals surface area contributed by atoms with Crippen molar-refractivity contribution in [2.75, 3.05) is 0 Å². The fourth-order valence-electron chi connectivity index (χ4n) is 2.04. The smallest absolute Gasteiger partial charge is 0.0510 e. The highest BCUT2D eigenvalue weighted by molar-refractivity contribution is 7.09.